The molecule has 0 heterocycles. The van der Waals surface area contributed by atoms with Gasteiger partial charge < -0.3 is 0 Å². The minimum atomic E-state index is 0.711. The van der Waals surface area contributed by atoms with Crippen LogP contribution in [-0.2, 0) is 4.79 Å². The molecule has 0 radical (unpaired) electrons. The highest BCUT2D eigenvalue weighted by Gasteiger charge is 1.81. The molecule has 0 aromatic heterocycles. The van der Waals surface area contributed by atoms with Gasteiger partial charge in [0.15, 0.2) is 0 Å². The normalized spacial score (nSPS) is 11.7. The Balaban J connectivity index is 4.12. The summed E-state index contributed by atoms with van der Waals surface area (Å²) >= 11 is 0. The standard InChI is InChI=1S/C10H14O/c1-4-10(8-11)7-5-6-9(2)3/h4-8H,1-3H3/b7-5+,10-4+. The third-order valence-electron chi connectivity index (χ3n) is 1.19. The van der Waals surface area contributed by atoms with E-state index in [1.807, 2.05) is 32.9 Å². The van der Waals surface area contributed by atoms with Gasteiger partial charge in [-0.25, -0.2) is 0 Å². The van der Waals surface area contributed by atoms with Gasteiger partial charge >= 0.3 is 0 Å². The maximum atomic E-state index is 10.3. The lowest BCUT2D eigenvalue weighted by Gasteiger charge is -1.85. The summed E-state index contributed by atoms with van der Waals surface area (Å²) in [5.41, 5.74) is 1.94. The average Bonchev–Trinajstić information content (AvgIpc) is 1.98. The molecule has 0 aliphatic carbocycles. The Labute approximate surface area is 68.1 Å². The van der Waals surface area contributed by atoms with Crippen molar-refractivity contribution in [2.75, 3.05) is 0 Å². The summed E-state index contributed by atoms with van der Waals surface area (Å²) in [6, 6.07) is 0. The monoisotopic (exact) mass is 150 g/mol. The van der Waals surface area contributed by atoms with Crippen molar-refractivity contribution in [3.05, 3.63) is 35.5 Å². The number of carbonyl (C=O) groups excluding carboxylic acids is 1. The van der Waals surface area contributed by atoms with E-state index in [4.69, 9.17) is 0 Å². The van der Waals surface area contributed by atoms with Crippen LogP contribution in [0.3, 0.4) is 0 Å². The minimum absolute atomic E-state index is 0.711. The second-order valence-corrected chi connectivity index (χ2v) is 2.51. The Bertz CT molecular complexity index is 203. The van der Waals surface area contributed by atoms with Crippen molar-refractivity contribution in [3.63, 3.8) is 0 Å². The van der Waals surface area contributed by atoms with Crippen LogP contribution in [0.4, 0.5) is 0 Å². The van der Waals surface area contributed by atoms with Crippen LogP contribution in [0, 0.1) is 0 Å². The zero-order valence-corrected chi connectivity index (χ0v) is 7.29. The summed E-state index contributed by atoms with van der Waals surface area (Å²) in [7, 11) is 0. The van der Waals surface area contributed by atoms with Crippen molar-refractivity contribution in [2.45, 2.75) is 20.8 Å². The number of hydrogen-bond donors (Lipinski definition) is 0. The van der Waals surface area contributed by atoms with Crippen LogP contribution in [0.1, 0.15) is 20.8 Å². The molecule has 0 N–H and O–H groups in total. The first-order valence-corrected chi connectivity index (χ1v) is 3.63. The Morgan fingerprint density at radius 3 is 2.27 bits per heavy atom. The first-order chi connectivity index (χ1) is 5.20. The molecule has 0 aromatic carbocycles. The van der Waals surface area contributed by atoms with Gasteiger partial charge in [0, 0.05) is 5.57 Å². The molecule has 60 valence electrons. The van der Waals surface area contributed by atoms with Gasteiger partial charge in [-0.3, -0.25) is 4.79 Å². The Hall–Kier alpha value is -1.11. The Kier molecular flexibility index (Phi) is 5.09. The summed E-state index contributed by atoms with van der Waals surface area (Å²) < 4.78 is 0. The molecule has 0 saturated carbocycles. The van der Waals surface area contributed by atoms with E-state index < -0.39 is 0 Å². The molecule has 1 heteroatoms. The van der Waals surface area contributed by atoms with Gasteiger partial charge in [0.1, 0.15) is 6.29 Å². The third kappa shape index (κ3) is 5.34. The fourth-order valence-corrected chi connectivity index (χ4v) is 0.555. The van der Waals surface area contributed by atoms with Crippen molar-refractivity contribution in [2.24, 2.45) is 0 Å². The van der Waals surface area contributed by atoms with Crippen molar-refractivity contribution in [3.8, 4) is 0 Å². The summed E-state index contributed by atoms with van der Waals surface area (Å²) in [5.74, 6) is 0. The second kappa shape index (κ2) is 5.66. The van der Waals surface area contributed by atoms with Crippen molar-refractivity contribution in [1.29, 1.82) is 0 Å². The van der Waals surface area contributed by atoms with Crippen molar-refractivity contribution in [1.82, 2.24) is 0 Å². The molecule has 1 nitrogen and oxygen atoms in total. The summed E-state index contributed by atoms with van der Waals surface area (Å²) in [6.45, 7) is 5.87. The molecule has 0 aliphatic heterocycles. The predicted octanol–water partition coefficient (Wildman–Crippen LogP) is 2.65. The topological polar surface area (TPSA) is 17.1 Å². The van der Waals surface area contributed by atoms with E-state index in [1.54, 1.807) is 12.2 Å². The average molecular weight is 150 g/mol. The van der Waals surface area contributed by atoms with Crippen molar-refractivity contribution >= 4 is 6.29 Å². The molecule has 0 atom stereocenters. The highest BCUT2D eigenvalue weighted by molar-refractivity contribution is 5.77. The molecule has 0 aliphatic rings. The van der Waals surface area contributed by atoms with Crippen LogP contribution in [0.5, 0.6) is 0 Å². The smallest absolute Gasteiger partial charge is 0.149 e. The molecule has 0 saturated heterocycles. The number of carbonyl (C=O) groups is 1. The van der Waals surface area contributed by atoms with Crippen molar-refractivity contribution < 1.29 is 4.79 Å². The molecule has 0 bridgehead atoms. The van der Waals surface area contributed by atoms with E-state index in [0.29, 0.717) is 5.57 Å². The predicted molar refractivity (Wildman–Crippen MR) is 48.4 cm³/mol. The van der Waals surface area contributed by atoms with E-state index in [-0.39, 0.29) is 0 Å². The summed E-state index contributed by atoms with van der Waals surface area (Å²) in [6.07, 6.45) is 8.25. The highest BCUT2D eigenvalue weighted by atomic mass is 16.1. The van der Waals surface area contributed by atoms with Crippen LogP contribution in [0.15, 0.2) is 35.5 Å². The lowest BCUT2D eigenvalue weighted by molar-refractivity contribution is -0.104. The zero-order valence-electron chi connectivity index (χ0n) is 7.29. The maximum absolute atomic E-state index is 10.3. The quantitative estimate of drug-likeness (QED) is 0.343. The van der Waals surface area contributed by atoms with Crippen LogP contribution >= 0.6 is 0 Å². The van der Waals surface area contributed by atoms with Gasteiger partial charge in [0.05, 0.1) is 0 Å². The second-order valence-electron chi connectivity index (χ2n) is 2.51. The van der Waals surface area contributed by atoms with E-state index in [9.17, 15) is 4.79 Å². The number of rotatable bonds is 3. The highest BCUT2D eigenvalue weighted by Crippen LogP contribution is 1.94. The maximum Gasteiger partial charge on any atom is 0.149 e. The number of allylic oxidation sites excluding steroid dienone is 6. The molecule has 0 unspecified atom stereocenters. The van der Waals surface area contributed by atoms with E-state index in [1.165, 1.54) is 5.57 Å². The van der Waals surface area contributed by atoms with Gasteiger partial charge in [0.2, 0.25) is 0 Å². The Morgan fingerprint density at radius 2 is 1.91 bits per heavy atom. The van der Waals surface area contributed by atoms with Gasteiger partial charge in [-0.15, -0.1) is 0 Å². The van der Waals surface area contributed by atoms with E-state index in [0.717, 1.165) is 6.29 Å². The van der Waals surface area contributed by atoms with Crippen LogP contribution in [0.2, 0.25) is 0 Å². The number of aldehydes is 1. The van der Waals surface area contributed by atoms with Crippen LogP contribution in [-0.4, -0.2) is 6.29 Å². The van der Waals surface area contributed by atoms with E-state index in [2.05, 4.69) is 0 Å². The molecular formula is C10H14O. The molecule has 0 fully saturated rings. The lowest BCUT2D eigenvalue weighted by atomic mass is 10.2. The van der Waals surface area contributed by atoms with Gasteiger partial charge in [-0.2, -0.15) is 0 Å². The van der Waals surface area contributed by atoms with Crippen LogP contribution in [0.25, 0.3) is 0 Å². The van der Waals surface area contributed by atoms with Crippen LogP contribution < -0.4 is 0 Å². The first kappa shape index (κ1) is 9.89. The molecule has 11 heavy (non-hydrogen) atoms. The summed E-state index contributed by atoms with van der Waals surface area (Å²) in [5, 5.41) is 0. The van der Waals surface area contributed by atoms with E-state index >= 15 is 0 Å². The largest absolute Gasteiger partial charge is 0.298 e. The molecule has 0 aromatic rings. The van der Waals surface area contributed by atoms with Gasteiger partial charge in [-0.05, 0) is 20.8 Å². The fourth-order valence-electron chi connectivity index (χ4n) is 0.555. The van der Waals surface area contributed by atoms with Gasteiger partial charge in [-0.1, -0.05) is 29.9 Å². The lowest BCUT2D eigenvalue weighted by Crippen LogP contribution is -1.75. The third-order valence-corrected chi connectivity index (χ3v) is 1.19. The molecular weight excluding hydrogens is 136 g/mol. The molecule has 0 amide bonds. The minimum Gasteiger partial charge on any atom is -0.298 e. The molecule has 0 spiro atoms. The Morgan fingerprint density at radius 1 is 1.27 bits per heavy atom. The van der Waals surface area contributed by atoms with Gasteiger partial charge in [0.25, 0.3) is 0 Å². The zero-order chi connectivity index (χ0) is 8.69. The summed E-state index contributed by atoms with van der Waals surface area (Å²) in [4.78, 5) is 10.3. The SMILES string of the molecule is C/C=C(C=O)\C=C\C=C(C)C. The first-order valence-electron chi connectivity index (χ1n) is 3.63. The fraction of sp³-hybridized carbons (Fsp3) is 0.300. The number of hydrogen-bond acceptors (Lipinski definition) is 1. The molecule has 0 rings (SSSR count).